The predicted molar refractivity (Wildman–Crippen MR) is 88.9 cm³/mol. The van der Waals surface area contributed by atoms with Crippen molar-refractivity contribution in [1.82, 2.24) is 4.98 Å². The minimum atomic E-state index is 0.118. The molecular formula is C16H11NO3S2. The Hall–Kier alpha value is -2.31. The number of ether oxygens (including phenoxy) is 1. The van der Waals surface area contributed by atoms with E-state index in [-0.39, 0.29) is 5.75 Å². The Bertz CT molecular complexity index is 938. The fraction of sp³-hybridized carbons (Fsp3) is 0.0625. The summed E-state index contributed by atoms with van der Waals surface area (Å²) < 4.78 is 10.7. The SMILES string of the molecule is COc1cc2occ(O)c2cc1-c1csc(-c2ccsc2)n1. The van der Waals surface area contributed by atoms with Crippen LogP contribution in [0, 0.1) is 0 Å². The van der Waals surface area contributed by atoms with Gasteiger partial charge in [-0.1, -0.05) is 0 Å². The average Bonchev–Trinajstić information content (AvgIpc) is 3.26. The summed E-state index contributed by atoms with van der Waals surface area (Å²) >= 11 is 3.24. The van der Waals surface area contributed by atoms with Crippen molar-refractivity contribution in [2.75, 3.05) is 7.11 Å². The van der Waals surface area contributed by atoms with Gasteiger partial charge in [0.25, 0.3) is 0 Å². The monoisotopic (exact) mass is 329 g/mol. The second kappa shape index (κ2) is 5.15. The minimum absolute atomic E-state index is 0.118. The fourth-order valence-corrected chi connectivity index (χ4v) is 3.86. The quantitative estimate of drug-likeness (QED) is 0.575. The number of benzene rings is 1. The van der Waals surface area contributed by atoms with Crippen LogP contribution in [0.4, 0.5) is 0 Å². The molecule has 4 rings (SSSR count). The normalized spacial score (nSPS) is 11.1. The van der Waals surface area contributed by atoms with Crippen LogP contribution in [0.15, 0.2) is 45.0 Å². The maximum Gasteiger partial charge on any atom is 0.161 e. The van der Waals surface area contributed by atoms with Gasteiger partial charge in [0.1, 0.15) is 22.6 Å². The number of thiazole rings is 1. The highest BCUT2D eigenvalue weighted by Crippen LogP contribution is 2.39. The zero-order valence-electron chi connectivity index (χ0n) is 11.6. The second-order valence-corrected chi connectivity index (χ2v) is 6.36. The van der Waals surface area contributed by atoms with Crippen molar-refractivity contribution in [1.29, 1.82) is 0 Å². The molecule has 0 saturated carbocycles. The maximum absolute atomic E-state index is 9.85. The van der Waals surface area contributed by atoms with Gasteiger partial charge in [0.05, 0.1) is 18.2 Å². The summed E-state index contributed by atoms with van der Waals surface area (Å²) in [5.74, 6) is 0.788. The number of nitrogens with zero attached hydrogens (tertiary/aromatic N) is 1. The first-order valence-corrected chi connectivity index (χ1v) is 8.35. The van der Waals surface area contributed by atoms with Crippen molar-refractivity contribution >= 4 is 33.6 Å². The van der Waals surface area contributed by atoms with Crippen LogP contribution in [0.5, 0.6) is 11.5 Å². The summed E-state index contributed by atoms with van der Waals surface area (Å²) in [4.78, 5) is 4.69. The summed E-state index contributed by atoms with van der Waals surface area (Å²) in [6, 6.07) is 5.67. The van der Waals surface area contributed by atoms with Crippen LogP contribution in [-0.2, 0) is 0 Å². The zero-order valence-corrected chi connectivity index (χ0v) is 13.2. The molecule has 0 aliphatic heterocycles. The van der Waals surface area contributed by atoms with E-state index in [0.29, 0.717) is 16.7 Å². The summed E-state index contributed by atoms with van der Waals surface area (Å²) in [5.41, 5.74) is 3.37. The Balaban J connectivity index is 1.87. The highest BCUT2D eigenvalue weighted by Gasteiger charge is 2.15. The third kappa shape index (κ3) is 2.08. The number of hydrogen-bond acceptors (Lipinski definition) is 6. The van der Waals surface area contributed by atoms with Gasteiger partial charge in [-0.05, 0) is 17.5 Å². The molecule has 0 radical (unpaired) electrons. The number of aromatic hydroxyl groups is 1. The molecular weight excluding hydrogens is 318 g/mol. The summed E-state index contributed by atoms with van der Waals surface area (Å²) in [5, 5.41) is 17.6. The van der Waals surface area contributed by atoms with E-state index in [4.69, 9.17) is 9.15 Å². The van der Waals surface area contributed by atoms with E-state index < -0.39 is 0 Å². The van der Waals surface area contributed by atoms with Crippen molar-refractivity contribution in [3.05, 3.63) is 40.6 Å². The minimum Gasteiger partial charge on any atom is -0.504 e. The molecule has 3 heterocycles. The third-order valence-corrected chi connectivity index (χ3v) is 5.00. The topological polar surface area (TPSA) is 55.5 Å². The number of methoxy groups -OCH3 is 1. The highest BCUT2D eigenvalue weighted by molar-refractivity contribution is 7.14. The lowest BCUT2D eigenvalue weighted by atomic mass is 10.1. The molecule has 0 amide bonds. The molecule has 4 aromatic rings. The maximum atomic E-state index is 9.85. The average molecular weight is 329 g/mol. The third-order valence-electron chi connectivity index (χ3n) is 3.42. The Morgan fingerprint density at radius 3 is 2.95 bits per heavy atom. The molecule has 0 fully saturated rings. The van der Waals surface area contributed by atoms with Crippen LogP contribution in [-0.4, -0.2) is 17.2 Å². The zero-order chi connectivity index (χ0) is 15.1. The van der Waals surface area contributed by atoms with Gasteiger partial charge in [0.2, 0.25) is 0 Å². The molecule has 0 aliphatic rings. The molecule has 0 unspecified atom stereocenters. The summed E-state index contributed by atoms with van der Waals surface area (Å²) in [6.07, 6.45) is 1.33. The number of rotatable bonds is 3. The molecule has 22 heavy (non-hydrogen) atoms. The van der Waals surface area contributed by atoms with Crippen LogP contribution in [0.2, 0.25) is 0 Å². The number of aromatic nitrogens is 1. The van der Waals surface area contributed by atoms with Gasteiger partial charge < -0.3 is 14.3 Å². The van der Waals surface area contributed by atoms with Crippen molar-refractivity contribution in [3.63, 3.8) is 0 Å². The van der Waals surface area contributed by atoms with E-state index in [9.17, 15) is 5.11 Å². The first kappa shape index (κ1) is 13.4. The lowest BCUT2D eigenvalue weighted by Gasteiger charge is -2.06. The molecule has 3 aromatic heterocycles. The molecule has 0 spiro atoms. The van der Waals surface area contributed by atoms with Crippen molar-refractivity contribution in [2.45, 2.75) is 0 Å². The molecule has 6 heteroatoms. The van der Waals surface area contributed by atoms with Gasteiger partial charge in [-0.15, -0.1) is 11.3 Å². The number of hydrogen-bond donors (Lipinski definition) is 1. The number of fused-ring (bicyclic) bond motifs is 1. The van der Waals surface area contributed by atoms with Gasteiger partial charge >= 0.3 is 0 Å². The van der Waals surface area contributed by atoms with Crippen LogP contribution >= 0.6 is 22.7 Å². The van der Waals surface area contributed by atoms with Crippen LogP contribution < -0.4 is 4.74 Å². The van der Waals surface area contributed by atoms with Crippen molar-refractivity contribution in [2.24, 2.45) is 0 Å². The number of furan rings is 1. The van der Waals surface area contributed by atoms with Crippen LogP contribution in [0.3, 0.4) is 0 Å². The highest BCUT2D eigenvalue weighted by atomic mass is 32.1. The first-order chi connectivity index (χ1) is 10.8. The lowest BCUT2D eigenvalue weighted by molar-refractivity contribution is 0.416. The molecule has 0 aliphatic carbocycles. The molecule has 1 N–H and O–H groups in total. The predicted octanol–water partition coefficient (Wildman–Crippen LogP) is 5.00. The molecule has 0 saturated heterocycles. The van der Waals surface area contributed by atoms with E-state index >= 15 is 0 Å². The second-order valence-electron chi connectivity index (χ2n) is 4.72. The Morgan fingerprint density at radius 1 is 1.27 bits per heavy atom. The van der Waals surface area contributed by atoms with Gasteiger partial charge in [0.15, 0.2) is 5.75 Å². The van der Waals surface area contributed by atoms with Crippen LogP contribution in [0.1, 0.15) is 0 Å². The Labute approximate surface area is 134 Å². The lowest BCUT2D eigenvalue weighted by Crippen LogP contribution is -1.88. The molecule has 0 bridgehead atoms. The van der Waals surface area contributed by atoms with Crippen molar-refractivity contribution in [3.8, 4) is 33.3 Å². The van der Waals surface area contributed by atoms with Gasteiger partial charge in [0, 0.05) is 28.0 Å². The number of thiophene rings is 1. The van der Waals surface area contributed by atoms with E-state index in [1.165, 1.54) is 6.26 Å². The fourth-order valence-electron chi connectivity index (χ4n) is 2.33. The van der Waals surface area contributed by atoms with E-state index in [1.54, 1.807) is 35.8 Å². The van der Waals surface area contributed by atoms with Crippen molar-refractivity contribution < 1.29 is 14.3 Å². The van der Waals surface area contributed by atoms with E-state index in [0.717, 1.165) is 21.8 Å². The first-order valence-electron chi connectivity index (χ1n) is 6.53. The van der Waals surface area contributed by atoms with Gasteiger partial charge in [-0.2, -0.15) is 11.3 Å². The van der Waals surface area contributed by atoms with Gasteiger partial charge in [-0.3, -0.25) is 0 Å². The molecule has 0 atom stereocenters. The van der Waals surface area contributed by atoms with Crippen LogP contribution in [0.25, 0.3) is 32.8 Å². The molecule has 4 nitrogen and oxygen atoms in total. The van der Waals surface area contributed by atoms with E-state index in [2.05, 4.69) is 16.4 Å². The molecule has 1 aromatic carbocycles. The standard InChI is InChI=1S/C16H11NO3S2/c1-19-14-5-15-11(13(18)6-20-15)4-10(14)12-8-22-16(17-12)9-2-3-21-7-9/h2-8,18H,1H3. The summed E-state index contributed by atoms with van der Waals surface area (Å²) in [6.45, 7) is 0. The van der Waals surface area contributed by atoms with E-state index in [1.807, 2.05) is 16.8 Å². The summed E-state index contributed by atoms with van der Waals surface area (Å²) in [7, 11) is 1.61. The smallest absolute Gasteiger partial charge is 0.161 e. The Morgan fingerprint density at radius 2 is 2.18 bits per heavy atom. The van der Waals surface area contributed by atoms with Gasteiger partial charge in [-0.25, -0.2) is 4.98 Å². The Kier molecular flexibility index (Phi) is 3.13. The molecule has 110 valence electrons. The largest absolute Gasteiger partial charge is 0.504 e.